The third kappa shape index (κ3) is 5.63. The Bertz CT molecular complexity index is 1200. The Kier molecular flexibility index (Phi) is 7.59. The van der Waals surface area contributed by atoms with Crippen LogP contribution in [0.2, 0.25) is 0 Å². The van der Waals surface area contributed by atoms with Gasteiger partial charge in [-0.05, 0) is 71.3 Å². The molecule has 0 bridgehead atoms. The second-order valence-corrected chi connectivity index (χ2v) is 12.3. The van der Waals surface area contributed by atoms with Crippen molar-refractivity contribution in [3.63, 3.8) is 0 Å². The van der Waals surface area contributed by atoms with Crippen LogP contribution in [-0.4, -0.2) is 100 Å². The molecule has 0 aliphatic carbocycles. The zero-order valence-corrected chi connectivity index (χ0v) is 23.3. The number of aromatic nitrogens is 1. The molecule has 3 aliphatic rings. The minimum absolute atomic E-state index is 0.0241. The zero-order chi connectivity index (χ0) is 27.0. The molecule has 0 saturated carbocycles. The van der Waals surface area contributed by atoms with Gasteiger partial charge in [0.15, 0.2) is 11.5 Å². The van der Waals surface area contributed by atoms with Crippen molar-refractivity contribution in [2.75, 3.05) is 44.9 Å². The summed E-state index contributed by atoms with van der Waals surface area (Å²) in [6, 6.07) is 4.74. The van der Waals surface area contributed by atoms with Crippen LogP contribution < -0.4 is 0 Å². The van der Waals surface area contributed by atoms with E-state index in [-0.39, 0.29) is 17.9 Å². The fourth-order valence-corrected chi connectivity index (χ4v) is 6.46. The van der Waals surface area contributed by atoms with Crippen LogP contribution in [0.1, 0.15) is 62.2 Å². The summed E-state index contributed by atoms with van der Waals surface area (Å²) in [5.41, 5.74) is 1.12. The van der Waals surface area contributed by atoms with Gasteiger partial charge in [-0.2, -0.15) is 0 Å². The number of ether oxygens (including phenoxy) is 2. The molecule has 5 rings (SSSR count). The van der Waals surface area contributed by atoms with Gasteiger partial charge < -0.3 is 18.8 Å². The van der Waals surface area contributed by atoms with E-state index >= 15 is 0 Å². The first-order valence-corrected chi connectivity index (χ1v) is 14.4. The molecule has 10 nitrogen and oxygen atoms in total. The summed E-state index contributed by atoms with van der Waals surface area (Å²) in [5, 5.41) is 0. The van der Waals surface area contributed by atoms with Gasteiger partial charge in [0.05, 0.1) is 18.6 Å². The number of rotatable bonds is 4. The van der Waals surface area contributed by atoms with Gasteiger partial charge in [0, 0.05) is 30.8 Å². The third-order valence-corrected chi connectivity index (χ3v) is 8.44. The average molecular weight is 545 g/mol. The van der Waals surface area contributed by atoms with E-state index in [1.807, 2.05) is 25.7 Å². The summed E-state index contributed by atoms with van der Waals surface area (Å²) in [6.07, 6.45) is 1.92. The number of hydrogen-bond donors (Lipinski definition) is 0. The number of methoxy groups -OCH3 is 1. The summed E-state index contributed by atoms with van der Waals surface area (Å²) in [7, 11) is 1.36. The molecule has 2 amide bonds. The Morgan fingerprint density at radius 2 is 1.89 bits per heavy atom. The largest absolute Gasteiger partial charge is 0.465 e. The van der Waals surface area contributed by atoms with Crippen LogP contribution in [0, 0.1) is 0 Å². The van der Waals surface area contributed by atoms with Gasteiger partial charge in [0.2, 0.25) is 5.91 Å². The molecular formula is C27H36N4O6S. The van der Waals surface area contributed by atoms with Crippen LogP contribution >= 0.6 is 11.8 Å². The van der Waals surface area contributed by atoms with Gasteiger partial charge in [0.1, 0.15) is 17.2 Å². The number of benzene rings is 1. The predicted octanol–water partition coefficient (Wildman–Crippen LogP) is 3.70. The van der Waals surface area contributed by atoms with E-state index in [9.17, 15) is 14.4 Å². The first-order chi connectivity index (χ1) is 18.1. The quantitative estimate of drug-likeness (QED) is 0.533. The Morgan fingerprint density at radius 1 is 1.13 bits per heavy atom. The van der Waals surface area contributed by atoms with E-state index < -0.39 is 23.7 Å². The van der Waals surface area contributed by atoms with Gasteiger partial charge in [0.25, 0.3) is 0 Å². The van der Waals surface area contributed by atoms with E-state index in [0.717, 1.165) is 38.2 Å². The fraction of sp³-hybridized carbons (Fsp3) is 0.630. The van der Waals surface area contributed by atoms with Crippen molar-refractivity contribution < 1.29 is 28.3 Å². The van der Waals surface area contributed by atoms with Gasteiger partial charge >= 0.3 is 12.1 Å². The molecule has 0 N–H and O–H groups in total. The summed E-state index contributed by atoms with van der Waals surface area (Å²) >= 11 is 1.74. The SMILES string of the molecule is COC(=O)c1ccc2oc(C3CCN([C@H]4C[C@@H](C(=O)N5CCSC5)N(C(=O)OC(C)(C)C)C4)CC3)nc2c1. The highest BCUT2D eigenvalue weighted by Crippen LogP contribution is 2.34. The number of carbonyl (C=O) groups excluding carboxylic acids is 3. The highest BCUT2D eigenvalue weighted by molar-refractivity contribution is 7.99. The van der Waals surface area contributed by atoms with E-state index in [1.54, 1.807) is 34.9 Å². The lowest BCUT2D eigenvalue weighted by atomic mass is 9.95. The molecule has 206 valence electrons. The van der Waals surface area contributed by atoms with Gasteiger partial charge in [-0.15, -0.1) is 11.8 Å². The lowest BCUT2D eigenvalue weighted by Crippen LogP contribution is -2.48. The monoisotopic (exact) mass is 544 g/mol. The van der Waals surface area contributed by atoms with Crippen LogP contribution in [-0.2, 0) is 14.3 Å². The zero-order valence-electron chi connectivity index (χ0n) is 22.5. The normalized spacial score (nSPS) is 23.3. The number of oxazole rings is 1. The summed E-state index contributed by atoms with van der Waals surface area (Å²) in [5.74, 6) is 2.09. The summed E-state index contributed by atoms with van der Waals surface area (Å²) < 4.78 is 16.5. The average Bonchev–Trinajstić information content (AvgIpc) is 3.66. The first kappa shape index (κ1) is 26.8. The minimum atomic E-state index is -0.623. The topological polar surface area (TPSA) is 105 Å². The molecule has 3 saturated heterocycles. The Hall–Kier alpha value is -2.79. The molecule has 1 aromatic heterocycles. The van der Waals surface area contributed by atoms with Gasteiger partial charge in [-0.3, -0.25) is 14.6 Å². The van der Waals surface area contributed by atoms with Crippen molar-refractivity contribution >= 4 is 40.8 Å². The summed E-state index contributed by atoms with van der Waals surface area (Å²) in [6.45, 7) is 8.40. The minimum Gasteiger partial charge on any atom is -0.465 e. The molecule has 11 heteroatoms. The van der Waals surface area contributed by atoms with Crippen molar-refractivity contribution in [1.82, 2.24) is 19.7 Å². The Labute approximate surface area is 227 Å². The number of hydrogen-bond acceptors (Lipinski definition) is 9. The standard InChI is InChI=1S/C27H36N4O6S/c1-27(2,3)37-26(34)31-15-19(14-21(31)24(32)30-11-12-38-16-30)29-9-7-17(8-10-29)23-28-20-13-18(25(33)35-4)5-6-22(20)36-23/h5-6,13,17,19,21H,7-12,14-16H2,1-4H3/t19-,21-/m0/s1. The maximum absolute atomic E-state index is 13.4. The highest BCUT2D eigenvalue weighted by Gasteiger charge is 2.45. The van der Waals surface area contributed by atoms with Crippen molar-refractivity contribution in [3.8, 4) is 0 Å². The fourth-order valence-electron chi connectivity index (χ4n) is 5.51. The van der Waals surface area contributed by atoms with Crippen LogP contribution in [0.25, 0.3) is 11.1 Å². The van der Waals surface area contributed by atoms with E-state index in [1.165, 1.54) is 7.11 Å². The molecule has 4 heterocycles. The number of carbonyl (C=O) groups is 3. The Morgan fingerprint density at radius 3 is 2.55 bits per heavy atom. The van der Waals surface area contributed by atoms with Crippen molar-refractivity contribution in [2.24, 2.45) is 0 Å². The number of thioether (sulfide) groups is 1. The first-order valence-electron chi connectivity index (χ1n) is 13.2. The van der Waals surface area contributed by atoms with Gasteiger partial charge in [-0.1, -0.05) is 0 Å². The lowest BCUT2D eigenvalue weighted by Gasteiger charge is -2.35. The van der Waals surface area contributed by atoms with Gasteiger partial charge in [-0.25, -0.2) is 14.6 Å². The maximum Gasteiger partial charge on any atom is 0.411 e. The molecule has 2 atom stereocenters. The molecule has 0 radical (unpaired) electrons. The van der Waals surface area contributed by atoms with Crippen molar-refractivity contribution in [2.45, 2.75) is 63.6 Å². The molecular weight excluding hydrogens is 508 g/mol. The number of piperidine rings is 1. The van der Waals surface area contributed by atoms with Crippen molar-refractivity contribution in [1.29, 1.82) is 0 Å². The predicted molar refractivity (Wildman–Crippen MR) is 143 cm³/mol. The molecule has 3 aliphatic heterocycles. The second-order valence-electron chi connectivity index (χ2n) is 11.2. The van der Waals surface area contributed by atoms with Crippen LogP contribution in [0.5, 0.6) is 0 Å². The van der Waals surface area contributed by atoms with Crippen LogP contribution in [0.3, 0.4) is 0 Å². The summed E-state index contributed by atoms with van der Waals surface area (Å²) in [4.78, 5) is 48.9. The van der Waals surface area contributed by atoms with Crippen LogP contribution in [0.15, 0.2) is 22.6 Å². The third-order valence-electron chi connectivity index (χ3n) is 7.48. The van der Waals surface area contributed by atoms with E-state index in [4.69, 9.17) is 13.9 Å². The molecule has 0 spiro atoms. The molecule has 38 heavy (non-hydrogen) atoms. The molecule has 2 aromatic rings. The number of fused-ring (bicyclic) bond motifs is 1. The van der Waals surface area contributed by atoms with Crippen molar-refractivity contribution in [3.05, 3.63) is 29.7 Å². The van der Waals surface area contributed by atoms with E-state index in [2.05, 4.69) is 9.88 Å². The smallest absolute Gasteiger partial charge is 0.411 e. The van der Waals surface area contributed by atoms with Crippen LogP contribution in [0.4, 0.5) is 4.79 Å². The maximum atomic E-state index is 13.4. The molecule has 1 aromatic carbocycles. The number of likely N-dealkylation sites (tertiary alicyclic amines) is 2. The molecule has 3 fully saturated rings. The number of nitrogens with zero attached hydrogens (tertiary/aromatic N) is 4. The number of esters is 1. The Balaban J connectivity index is 1.25. The highest BCUT2D eigenvalue weighted by atomic mass is 32.2. The lowest BCUT2D eigenvalue weighted by molar-refractivity contribution is -0.134. The second kappa shape index (κ2) is 10.8. The van der Waals surface area contributed by atoms with E-state index in [0.29, 0.717) is 41.4 Å². The number of amides is 2. The molecule has 0 unspecified atom stereocenters.